The van der Waals surface area contributed by atoms with E-state index >= 15 is 0 Å². The zero-order chi connectivity index (χ0) is 20.1. The molecular formula is C23H30N4O2. The second-order valence-corrected chi connectivity index (χ2v) is 8.17. The molecule has 2 aromatic rings. The first kappa shape index (κ1) is 19.8. The first-order valence-electron chi connectivity index (χ1n) is 10.6. The van der Waals surface area contributed by atoms with Crippen molar-refractivity contribution in [3.8, 4) is 6.01 Å². The number of nitrogens with zero attached hydrogens (tertiary/aromatic N) is 4. The Morgan fingerprint density at radius 1 is 1.03 bits per heavy atom. The molecule has 2 aliphatic heterocycles. The molecule has 6 nitrogen and oxygen atoms in total. The van der Waals surface area contributed by atoms with Gasteiger partial charge < -0.3 is 14.5 Å². The molecule has 0 aliphatic carbocycles. The van der Waals surface area contributed by atoms with Crippen molar-refractivity contribution in [1.82, 2.24) is 19.8 Å². The fourth-order valence-electron chi connectivity index (χ4n) is 4.67. The van der Waals surface area contributed by atoms with E-state index in [2.05, 4.69) is 45.2 Å². The van der Waals surface area contributed by atoms with Crippen molar-refractivity contribution in [2.75, 3.05) is 39.8 Å². The summed E-state index contributed by atoms with van der Waals surface area (Å²) in [6.45, 7) is 5.22. The highest BCUT2D eigenvalue weighted by molar-refractivity contribution is 5.93. The van der Waals surface area contributed by atoms with Gasteiger partial charge in [0.15, 0.2) is 0 Å². The number of methoxy groups -OCH3 is 1. The van der Waals surface area contributed by atoms with Crippen LogP contribution in [0, 0.1) is 11.8 Å². The molecule has 3 heterocycles. The Morgan fingerprint density at radius 3 is 2.41 bits per heavy atom. The van der Waals surface area contributed by atoms with E-state index in [9.17, 15) is 4.79 Å². The van der Waals surface area contributed by atoms with Crippen LogP contribution in [0.25, 0.3) is 0 Å². The number of piperidine rings is 1. The van der Waals surface area contributed by atoms with Crippen molar-refractivity contribution in [2.45, 2.75) is 25.7 Å². The van der Waals surface area contributed by atoms with Crippen molar-refractivity contribution in [3.05, 3.63) is 53.9 Å². The number of likely N-dealkylation sites (tertiary alicyclic amines) is 2. The molecule has 2 fully saturated rings. The van der Waals surface area contributed by atoms with E-state index in [4.69, 9.17) is 4.74 Å². The maximum absolute atomic E-state index is 12.7. The zero-order valence-corrected chi connectivity index (χ0v) is 17.2. The molecule has 0 N–H and O–H groups in total. The number of hydrogen-bond acceptors (Lipinski definition) is 5. The average molecular weight is 395 g/mol. The lowest BCUT2D eigenvalue weighted by Gasteiger charge is -2.35. The lowest BCUT2D eigenvalue weighted by Crippen LogP contribution is -2.40. The van der Waals surface area contributed by atoms with Gasteiger partial charge in [0.05, 0.1) is 12.7 Å². The standard InChI is InChI=1S/C23H30N4O2/c1-29-23-24-15-21(16-25-23)22(28)27-13-9-19(10-14-27)20-8-12-26(17-20)11-7-18-5-3-2-4-6-18/h2-6,15-16,19-20H,7-14,17H2,1H3. The minimum Gasteiger partial charge on any atom is -0.467 e. The second-order valence-electron chi connectivity index (χ2n) is 8.17. The summed E-state index contributed by atoms with van der Waals surface area (Å²) in [5.74, 6) is 1.53. The van der Waals surface area contributed by atoms with Gasteiger partial charge in [-0.05, 0) is 49.6 Å². The van der Waals surface area contributed by atoms with E-state index in [0.29, 0.717) is 11.6 Å². The minimum absolute atomic E-state index is 0.0296. The Balaban J connectivity index is 1.23. The summed E-state index contributed by atoms with van der Waals surface area (Å²) in [5.41, 5.74) is 1.96. The fourth-order valence-corrected chi connectivity index (χ4v) is 4.67. The molecule has 4 rings (SSSR count). The van der Waals surface area contributed by atoms with Crippen LogP contribution in [0.3, 0.4) is 0 Å². The smallest absolute Gasteiger partial charge is 0.316 e. The first-order chi connectivity index (χ1) is 14.2. The Bertz CT molecular complexity index is 788. The highest BCUT2D eigenvalue weighted by Gasteiger charge is 2.33. The summed E-state index contributed by atoms with van der Waals surface area (Å²) >= 11 is 0. The molecule has 154 valence electrons. The number of ether oxygens (including phenoxy) is 1. The molecule has 0 spiro atoms. The van der Waals surface area contributed by atoms with Crippen LogP contribution in [0.1, 0.15) is 35.2 Å². The number of hydrogen-bond donors (Lipinski definition) is 0. The van der Waals surface area contributed by atoms with Gasteiger partial charge in [-0.15, -0.1) is 0 Å². The molecule has 1 aromatic carbocycles. The van der Waals surface area contributed by atoms with Gasteiger partial charge in [0, 0.05) is 38.6 Å². The van der Waals surface area contributed by atoms with Crippen LogP contribution < -0.4 is 4.74 Å². The van der Waals surface area contributed by atoms with Crippen LogP contribution in [0.5, 0.6) is 6.01 Å². The molecule has 29 heavy (non-hydrogen) atoms. The van der Waals surface area contributed by atoms with Crippen LogP contribution in [-0.4, -0.2) is 65.5 Å². The summed E-state index contributed by atoms with van der Waals surface area (Å²) in [4.78, 5) is 25.4. The lowest BCUT2D eigenvalue weighted by atomic mass is 9.83. The van der Waals surface area contributed by atoms with Gasteiger partial charge >= 0.3 is 6.01 Å². The van der Waals surface area contributed by atoms with Crippen molar-refractivity contribution in [1.29, 1.82) is 0 Å². The molecule has 1 amide bonds. The third-order valence-corrected chi connectivity index (χ3v) is 6.42. The van der Waals surface area contributed by atoms with Crippen molar-refractivity contribution in [2.24, 2.45) is 11.8 Å². The number of benzene rings is 1. The topological polar surface area (TPSA) is 58.6 Å². The van der Waals surface area contributed by atoms with E-state index in [-0.39, 0.29) is 5.91 Å². The highest BCUT2D eigenvalue weighted by atomic mass is 16.5. The molecule has 1 unspecified atom stereocenters. The third kappa shape index (κ3) is 4.93. The Labute approximate surface area is 172 Å². The predicted molar refractivity (Wildman–Crippen MR) is 112 cm³/mol. The number of rotatable bonds is 6. The minimum atomic E-state index is 0.0296. The largest absolute Gasteiger partial charge is 0.467 e. The number of carbonyl (C=O) groups is 1. The summed E-state index contributed by atoms with van der Waals surface area (Å²) < 4.78 is 4.97. The van der Waals surface area contributed by atoms with Gasteiger partial charge in [-0.1, -0.05) is 30.3 Å². The van der Waals surface area contributed by atoms with Gasteiger partial charge in [0.2, 0.25) is 0 Å². The quantitative estimate of drug-likeness (QED) is 0.754. The van der Waals surface area contributed by atoms with Crippen molar-refractivity contribution >= 4 is 5.91 Å². The van der Waals surface area contributed by atoms with Crippen LogP contribution in [0.2, 0.25) is 0 Å². The molecule has 1 atom stereocenters. The summed E-state index contributed by atoms with van der Waals surface area (Å²) in [6, 6.07) is 11.0. The van der Waals surface area contributed by atoms with E-state index in [0.717, 1.165) is 50.7 Å². The first-order valence-corrected chi connectivity index (χ1v) is 10.6. The summed E-state index contributed by atoms with van der Waals surface area (Å²) in [7, 11) is 1.52. The Kier molecular flexibility index (Phi) is 6.39. The lowest BCUT2D eigenvalue weighted by molar-refractivity contribution is 0.0658. The Morgan fingerprint density at radius 2 is 1.72 bits per heavy atom. The van der Waals surface area contributed by atoms with Crippen LogP contribution in [0.4, 0.5) is 0 Å². The second kappa shape index (κ2) is 9.35. The molecular weight excluding hydrogens is 364 g/mol. The van der Waals surface area contributed by atoms with Gasteiger partial charge in [-0.25, -0.2) is 9.97 Å². The maximum atomic E-state index is 12.7. The third-order valence-electron chi connectivity index (χ3n) is 6.42. The van der Waals surface area contributed by atoms with Crippen LogP contribution in [-0.2, 0) is 6.42 Å². The Hall–Kier alpha value is -2.47. The van der Waals surface area contributed by atoms with Crippen LogP contribution in [0.15, 0.2) is 42.7 Å². The summed E-state index contributed by atoms with van der Waals surface area (Å²) in [6.07, 6.45) is 7.73. The predicted octanol–water partition coefficient (Wildman–Crippen LogP) is 2.90. The summed E-state index contributed by atoms with van der Waals surface area (Å²) in [5, 5.41) is 0. The van der Waals surface area contributed by atoms with E-state index < -0.39 is 0 Å². The normalized spacial score (nSPS) is 20.7. The SMILES string of the molecule is COc1ncc(C(=O)N2CCC(C3CCN(CCc4ccccc4)C3)CC2)cn1. The van der Waals surface area contributed by atoms with Crippen molar-refractivity contribution in [3.63, 3.8) is 0 Å². The molecule has 2 aliphatic rings. The van der Waals surface area contributed by atoms with E-state index in [1.807, 2.05) is 4.90 Å². The van der Waals surface area contributed by atoms with Gasteiger partial charge in [0.1, 0.15) is 0 Å². The van der Waals surface area contributed by atoms with Crippen LogP contribution >= 0.6 is 0 Å². The molecule has 0 saturated carbocycles. The number of aromatic nitrogens is 2. The van der Waals surface area contributed by atoms with Gasteiger partial charge in [-0.3, -0.25) is 4.79 Å². The average Bonchev–Trinajstić information content (AvgIpc) is 3.27. The molecule has 6 heteroatoms. The maximum Gasteiger partial charge on any atom is 0.316 e. The molecule has 0 bridgehead atoms. The molecule has 2 saturated heterocycles. The number of amides is 1. The fraction of sp³-hybridized carbons (Fsp3) is 0.522. The van der Waals surface area contributed by atoms with Gasteiger partial charge in [-0.2, -0.15) is 0 Å². The van der Waals surface area contributed by atoms with Crippen molar-refractivity contribution < 1.29 is 9.53 Å². The highest BCUT2D eigenvalue weighted by Crippen LogP contribution is 2.32. The van der Waals surface area contributed by atoms with E-state index in [1.165, 1.54) is 32.2 Å². The van der Waals surface area contributed by atoms with Gasteiger partial charge in [0.25, 0.3) is 5.91 Å². The zero-order valence-electron chi connectivity index (χ0n) is 17.2. The number of carbonyl (C=O) groups excluding carboxylic acids is 1. The molecule has 0 radical (unpaired) electrons. The monoisotopic (exact) mass is 394 g/mol. The molecule has 1 aromatic heterocycles. The van der Waals surface area contributed by atoms with E-state index in [1.54, 1.807) is 12.4 Å².